The molecule has 3 aromatic heterocycles. The second kappa shape index (κ2) is 7.51. The van der Waals surface area contributed by atoms with Crippen molar-refractivity contribution >= 4 is 28.6 Å². The SMILES string of the molecule is CN(C)c1cc(N(C2CC2)C2CCN(c3nc4c(cnn4C)c(=O)n3C)CC2)ncn1. The summed E-state index contributed by atoms with van der Waals surface area (Å²) >= 11 is 0. The molecule has 1 aliphatic heterocycles. The van der Waals surface area contributed by atoms with E-state index in [-0.39, 0.29) is 5.56 Å². The fraction of sp³-hybridized carbons (Fsp3) is 0.571. The molecule has 0 radical (unpaired) electrons. The van der Waals surface area contributed by atoms with E-state index in [9.17, 15) is 4.79 Å². The zero-order valence-electron chi connectivity index (χ0n) is 18.6. The third-order valence-electron chi connectivity index (χ3n) is 6.39. The van der Waals surface area contributed by atoms with Crippen molar-refractivity contribution in [1.82, 2.24) is 29.3 Å². The number of aryl methyl sites for hydroxylation is 1. The lowest BCUT2D eigenvalue weighted by molar-refractivity contribution is 0.452. The number of fused-ring (bicyclic) bond motifs is 1. The van der Waals surface area contributed by atoms with Gasteiger partial charge in [0.1, 0.15) is 23.3 Å². The molecule has 0 atom stereocenters. The Hall–Kier alpha value is -3.17. The van der Waals surface area contributed by atoms with Crippen molar-refractivity contribution in [2.45, 2.75) is 37.8 Å². The molecule has 2 aliphatic rings. The number of piperidine rings is 1. The molecule has 5 rings (SSSR count). The summed E-state index contributed by atoms with van der Waals surface area (Å²) in [6.45, 7) is 1.70. The molecule has 0 N–H and O–H groups in total. The highest BCUT2D eigenvalue weighted by Gasteiger charge is 2.37. The van der Waals surface area contributed by atoms with Crippen LogP contribution in [0.5, 0.6) is 0 Å². The van der Waals surface area contributed by atoms with Gasteiger partial charge in [0.2, 0.25) is 5.95 Å². The lowest BCUT2D eigenvalue weighted by atomic mass is 10.0. The summed E-state index contributed by atoms with van der Waals surface area (Å²) in [6, 6.07) is 3.08. The molecule has 10 heteroatoms. The quantitative estimate of drug-likeness (QED) is 0.604. The Morgan fingerprint density at radius 3 is 2.35 bits per heavy atom. The van der Waals surface area contributed by atoms with Gasteiger partial charge in [0.15, 0.2) is 5.65 Å². The Morgan fingerprint density at radius 1 is 1.00 bits per heavy atom. The summed E-state index contributed by atoms with van der Waals surface area (Å²) in [4.78, 5) is 33.3. The largest absolute Gasteiger partial charge is 0.363 e. The maximum atomic E-state index is 12.8. The Kier molecular flexibility index (Phi) is 4.79. The summed E-state index contributed by atoms with van der Waals surface area (Å²) in [7, 11) is 7.62. The van der Waals surface area contributed by atoms with Gasteiger partial charge in [0, 0.05) is 59.4 Å². The fourth-order valence-electron chi connectivity index (χ4n) is 4.53. The van der Waals surface area contributed by atoms with Crippen LogP contribution in [0.15, 0.2) is 23.4 Å². The predicted molar refractivity (Wildman–Crippen MR) is 121 cm³/mol. The molecule has 0 amide bonds. The third-order valence-corrected chi connectivity index (χ3v) is 6.39. The first-order chi connectivity index (χ1) is 14.9. The van der Waals surface area contributed by atoms with Crippen LogP contribution in [-0.2, 0) is 14.1 Å². The maximum Gasteiger partial charge on any atom is 0.265 e. The Balaban J connectivity index is 1.38. The van der Waals surface area contributed by atoms with Crippen molar-refractivity contribution in [1.29, 1.82) is 0 Å². The minimum absolute atomic E-state index is 0.0490. The van der Waals surface area contributed by atoms with Crippen molar-refractivity contribution in [2.24, 2.45) is 14.1 Å². The van der Waals surface area contributed by atoms with Crippen LogP contribution in [0.1, 0.15) is 25.7 Å². The molecule has 10 nitrogen and oxygen atoms in total. The van der Waals surface area contributed by atoms with E-state index in [1.54, 1.807) is 28.8 Å². The number of nitrogens with zero attached hydrogens (tertiary/aromatic N) is 9. The van der Waals surface area contributed by atoms with Crippen LogP contribution in [0.3, 0.4) is 0 Å². The Morgan fingerprint density at radius 2 is 1.68 bits per heavy atom. The molecule has 1 aliphatic carbocycles. The van der Waals surface area contributed by atoms with Crippen LogP contribution < -0.4 is 20.3 Å². The van der Waals surface area contributed by atoms with Gasteiger partial charge in [0.05, 0.1) is 6.20 Å². The van der Waals surface area contributed by atoms with Gasteiger partial charge in [0.25, 0.3) is 5.56 Å². The number of anilines is 3. The average Bonchev–Trinajstić information content (AvgIpc) is 3.53. The minimum atomic E-state index is -0.0490. The van der Waals surface area contributed by atoms with Gasteiger partial charge in [-0.25, -0.2) is 9.97 Å². The van der Waals surface area contributed by atoms with Crippen LogP contribution in [0.4, 0.5) is 17.6 Å². The number of hydrogen-bond donors (Lipinski definition) is 0. The molecule has 1 saturated carbocycles. The fourth-order valence-corrected chi connectivity index (χ4v) is 4.53. The van der Waals surface area contributed by atoms with Crippen molar-refractivity contribution in [3.8, 4) is 0 Å². The molecule has 2 fully saturated rings. The first-order valence-electron chi connectivity index (χ1n) is 10.9. The molecular weight excluding hydrogens is 394 g/mol. The molecule has 164 valence electrons. The summed E-state index contributed by atoms with van der Waals surface area (Å²) < 4.78 is 3.32. The van der Waals surface area contributed by atoms with Crippen molar-refractivity contribution in [3.05, 3.63) is 28.9 Å². The van der Waals surface area contributed by atoms with E-state index in [1.165, 1.54) is 12.8 Å². The van der Waals surface area contributed by atoms with Crippen LogP contribution in [0, 0.1) is 0 Å². The number of aromatic nitrogens is 6. The van der Waals surface area contributed by atoms with Crippen molar-refractivity contribution < 1.29 is 0 Å². The summed E-state index contributed by atoms with van der Waals surface area (Å²) in [5, 5.41) is 4.76. The van der Waals surface area contributed by atoms with E-state index < -0.39 is 0 Å². The molecule has 3 aromatic rings. The summed E-state index contributed by atoms with van der Waals surface area (Å²) in [6.07, 6.45) is 7.69. The first kappa shape index (κ1) is 19.8. The zero-order valence-corrected chi connectivity index (χ0v) is 18.6. The van der Waals surface area contributed by atoms with Gasteiger partial charge < -0.3 is 14.7 Å². The highest BCUT2D eigenvalue weighted by Crippen LogP contribution is 2.36. The standard InChI is InChI=1S/C21H29N9O/c1-26(2)17-11-18(23-13-22-17)30(14-5-6-14)15-7-9-29(10-8-15)21-25-19-16(12-24-28(19)4)20(31)27(21)3/h11-15H,5-10H2,1-4H3. The van der Waals surface area contributed by atoms with Crippen molar-refractivity contribution in [2.75, 3.05) is 41.9 Å². The number of hydrogen-bond acceptors (Lipinski definition) is 8. The van der Waals surface area contributed by atoms with Crippen LogP contribution in [-0.4, -0.2) is 68.6 Å². The second-order valence-corrected chi connectivity index (χ2v) is 8.77. The lowest BCUT2D eigenvalue weighted by Crippen LogP contribution is -2.47. The van der Waals surface area contributed by atoms with E-state index in [0.717, 1.165) is 43.5 Å². The number of rotatable bonds is 5. The molecule has 0 unspecified atom stereocenters. The van der Waals surface area contributed by atoms with Crippen LogP contribution in [0.25, 0.3) is 11.0 Å². The smallest absolute Gasteiger partial charge is 0.265 e. The highest BCUT2D eigenvalue weighted by molar-refractivity contribution is 5.74. The van der Waals surface area contributed by atoms with E-state index in [1.807, 2.05) is 26.0 Å². The monoisotopic (exact) mass is 423 g/mol. The van der Waals surface area contributed by atoms with Gasteiger partial charge in [-0.1, -0.05) is 0 Å². The third kappa shape index (κ3) is 3.49. The highest BCUT2D eigenvalue weighted by atomic mass is 16.1. The average molecular weight is 424 g/mol. The topological polar surface area (TPSA) is 88.2 Å². The van der Waals surface area contributed by atoms with Crippen LogP contribution >= 0.6 is 0 Å². The Labute approximate surface area is 181 Å². The van der Waals surface area contributed by atoms with E-state index in [0.29, 0.717) is 23.1 Å². The molecule has 0 spiro atoms. The van der Waals surface area contributed by atoms with E-state index in [2.05, 4.69) is 30.9 Å². The summed E-state index contributed by atoms with van der Waals surface area (Å²) in [5.41, 5.74) is 0.587. The lowest BCUT2D eigenvalue weighted by Gasteiger charge is -2.40. The van der Waals surface area contributed by atoms with Gasteiger partial charge in [-0.3, -0.25) is 14.0 Å². The molecule has 0 bridgehead atoms. The minimum Gasteiger partial charge on any atom is -0.363 e. The van der Waals surface area contributed by atoms with Gasteiger partial charge in [-0.2, -0.15) is 10.1 Å². The van der Waals surface area contributed by atoms with Crippen molar-refractivity contribution in [3.63, 3.8) is 0 Å². The molecule has 31 heavy (non-hydrogen) atoms. The van der Waals surface area contributed by atoms with E-state index >= 15 is 0 Å². The molecule has 0 aromatic carbocycles. The van der Waals surface area contributed by atoms with Gasteiger partial charge in [-0.15, -0.1) is 0 Å². The van der Waals surface area contributed by atoms with Gasteiger partial charge >= 0.3 is 0 Å². The van der Waals surface area contributed by atoms with Crippen LogP contribution in [0.2, 0.25) is 0 Å². The molecular formula is C21H29N9O. The Bertz CT molecular complexity index is 1160. The molecule has 4 heterocycles. The second-order valence-electron chi connectivity index (χ2n) is 8.77. The first-order valence-corrected chi connectivity index (χ1v) is 10.9. The van der Waals surface area contributed by atoms with E-state index in [4.69, 9.17) is 4.98 Å². The summed E-state index contributed by atoms with van der Waals surface area (Å²) in [5.74, 6) is 2.66. The maximum absolute atomic E-state index is 12.8. The molecule has 1 saturated heterocycles. The van der Waals surface area contributed by atoms with Gasteiger partial charge in [-0.05, 0) is 25.7 Å². The predicted octanol–water partition coefficient (Wildman–Crippen LogP) is 1.16. The normalized spacial score (nSPS) is 17.4. The zero-order chi connectivity index (χ0) is 21.7.